The summed E-state index contributed by atoms with van der Waals surface area (Å²) in [5.74, 6) is 0.0940. The molecule has 0 heterocycles. The number of rotatable bonds is 1. The second kappa shape index (κ2) is 5.22. The summed E-state index contributed by atoms with van der Waals surface area (Å²) in [5, 5.41) is 8.59. The molecule has 1 aromatic rings. The second-order valence-electron chi connectivity index (χ2n) is 2.22. The molecule has 1 N–H and O–H groups in total. The largest absolute Gasteiger partial charge is 0.508 e. The zero-order valence-electron chi connectivity index (χ0n) is 6.54. The molecule has 0 spiro atoms. The van der Waals surface area contributed by atoms with E-state index in [0.29, 0.717) is 11.1 Å². The van der Waals surface area contributed by atoms with E-state index in [2.05, 4.69) is 0 Å². The van der Waals surface area contributed by atoms with Crippen molar-refractivity contribution >= 4 is 16.8 Å². The van der Waals surface area contributed by atoms with E-state index in [-0.39, 0.29) is 49.8 Å². The summed E-state index contributed by atoms with van der Waals surface area (Å²) >= 11 is 5.23. The first-order chi connectivity index (χ1) is 5.13. The number of carbonyl (C=O) groups is 1. The molecule has 0 atom stereocenters. The van der Waals surface area contributed by atoms with E-state index in [0.717, 1.165) is 0 Å². The maximum absolute atomic E-state index is 10.7. The molecule has 0 saturated carbocycles. The minimum atomic E-state index is -0.543. The number of phenols is 1. The molecule has 0 aliphatic rings. The van der Waals surface area contributed by atoms with Crippen LogP contribution < -0.4 is 0 Å². The summed E-state index contributed by atoms with van der Waals surface area (Å²) in [5.41, 5.74) is 0.874. The summed E-state index contributed by atoms with van der Waals surface area (Å²) in [6, 6.07) is 4.67. The Bertz CT molecular complexity index is 299. The van der Waals surface area contributed by atoms with Gasteiger partial charge in [0, 0.05) is 55.2 Å². The van der Waals surface area contributed by atoms with E-state index >= 15 is 0 Å². The van der Waals surface area contributed by atoms with Gasteiger partial charge in [0.05, 0.1) is 0 Å². The molecule has 0 amide bonds. The number of benzene rings is 1. The molecule has 61 valence electrons. The number of halogens is 1. The number of hydrogen-bond acceptors (Lipinski definition) is 2. The molecule has 1 rings (SSSR count). The fourth-order valence-corrected chi connectivity index (χ4v) is 1.04. The smallest absolute Gasteiger partial charge is 0.252 e. The van der Waals surface area contributed by atoms with Crippen molar-refractivity contribution in [3.05, 3.63) is 29.3 Å². The topological polar surface area (TPSA) is 37.3 Å². The van der Waals surface area contributed by atoms with Gasteiger partial charge < -0.3 is 5.11 Å². The van der Waals surface area contributed by atoms with E-state index < -0.39 is 5.24 Å². The van der Waals surface area contributed by atoms with Gasteiger partial charge >= 0.3 is 0 Å². The van der Waals surface area contributed by atoms with E-state index in [1.165, 1.54) is 6.07 Å². The zero-order valence-corrected chi connectivity index (χ0v) is 12.0. The first kappa shape index (κ1) is 12.4. The second-order valence-corrected chi connectivity index (χ2v) is 2.57. The van der Waals surface area contributed by atoms with Crippen molar-refractivity contribution in [1.29, 1.82) is 0 Å². The Morgan fingerprint density at radius 2 is 2.08 bits per heavy atom. The van der Waals surface area contributed by atoms with Gasteiger partial charge in [-0.3, -0.25) is 4.79 Å². The Morgan fingerprint density at radius 1 is 1.50 bits per heavy atom. The van der Waals surface area contributed by atoms with Gasteiger partial charge in [-0.2, -0.15) is 0 Å². The fraction of sp³-hybridized carbons (Fsp3) is 0.125. The van der Waals surface area contributed by atoms with Gasteiger partial charge in [0.15, 0.2) is 0 Å². The molecule has 0 fully saturated rings. The Labute approximate surface area is 111 Å². The van der Waals surface area contributed by atoms with Crippen LogP contribution in [0.5, 0.6) is 5.75 Å². The van der Waals surface area contributed by atoms with Crippen LogP contribution in [-0.2, 0) is 0 Å². The molecule has 0 unspecified atom stereocenters. The van der Waals surface area contributed by atoms with Gasteiger partial charge in [-0.05, 0) is 30.7 Å². The van der Waals surface area contributed by atoms with Gasteiger partial charge in [0.1, 0.15) is 5.75 Å². The number of hydrogen-bond donors (Lipinski definition) is 1. The van der Waals surface area contributed by atoms with Crippen LogP contribution in [-0.4, -0.2) is 10.3 Å². The first-order valence-electron chi connectivity index (χ1n) is 3.11. The van der Waals surface area contributed by atoms with Gasteiger partial charge in [-0.1, -0.05) is 6.07 Å². The molecule has 0 saturated heterocycles. The van der Waals surface area contributed by atoms with Gasteiger partial charge in [-0.15, -0.1) is 0 Å². The molecule has 1 aromatic carbocycles. The fourth-order valence-electron chi connectivity index (χ4n) is 0.836. The maximum Gasteiger partial charge on any atom is 0.252 e. The predicted molar refractivity (Wildman–Crippen MR) is 43.0 cm³/mol. The molecule has 0 aromatic heterocycles. The van der Waals surface area contributed by atoms with Gasteiger partial charge in [0.2, 0.25) is 0 Å². The molecule has 1 radical (unpaired) electrons. The predicted octanol–water partition coefficient (Wildman–Crippen LogP) is 2.08. The Hall–Kier alpha value is 0.422. The molecular weight excluding hydrogens is 391 g/mol. The normalized spacial score (nSPS) is 8.83. The molecule has 0 aliphatic carbocycles. The summed E-state index contributed by atoms with van der Waals surface area (Å²) in [4.78, 5) is 10.7. The monoisotopic (exact) mass is 397 g/mol. The molecule has 0 aliphatic heterocycles. The third kappa shape index (κ3) is 2.73. The molecule has 0 bridgehead atoms. The van der Waals surface area contributed by atoms with E-state index in [1.807, 2.05) is 0 Å². The Balaban J connectivity index is 0.00000121. The van der Waals surface area contributed by atoms with Crippen molar-refractivity contribution in [3.8, 4) is 5.75 Å². The van der Waals surface area contributed by atoms with Crippen molar-refractivity contribution in [3.63, 3.8) is 0 Å². The molecule has 4 heteroatoms. The van der Waals surface area contributed by atoms with Crippen molar-refractivity contribution in [2.45, 2.75) is 6.92 Å². The minimum Gasteiger partial charge on any atom is -0.508 e. The minimum absolute atomic E-state index is 0. The van der Waals surface area contributed by atoms with Crippen LogP contribution in [0.1, 0.15) is 15.9 Å². The van der Waals surface area contributed by atoms with Crippen LogP contribution in [0.25, 0.3) is 0 Å². The summed E-state index contributed by atoms with van der Waals surface area (Å²) in [6.45, 7) is 1.64. The maximum atomic E-state index is 10.7. The zero-order chi connectivity index (χ0) is 8.43. The van der Waals surface area contributed by atoms with Crippen LogP contribution in [0, 0.1) is 51.0 Å². The summed E-state index contributed by atoms with van der Waals surface area (Å²) < 4.78 is 0. The third-order valence-corrected chi connectivity index (χ3v) is 1.72. The number of phenolic OH excluding ortho intramolecular Hbond substituents is 1. The number of carbonyl (C=O) groups excluding carboxylic acids is 1. The standard InChI is InChI=1S/C8H7ClO2.Ac/c1-5-6(8(9)11)3-2-4-7(5)10;/h2-4,10H,1H3;. The summed E-state index contributed by atoms with van der Waals surface area (Å²) in [6.07, 6.45) is 0. The quantitative estimate of drug-likeness (QED) is 0.737. The van der Waals surface area contributed by atoms with Crippen LogP contribution >= 0.6 is 11.6 Å². The van der Waals surface area contributed by atoms with Crippen LogP contribution in [0.4, 0.5) is 0 Å². The van der Waals surface area contributed by atoms with Crippen LogP contribution in [0.2, 0.25) is 0 Å². The molecule has 2 nitrogen and oxygen atoms in total. The van der Waals surface area contributed by atoms with Crippen molar-refractivity contribution in [2.24, 2.45) is 0 Å². The van der Waals surface area contributed by atoms with Gasteiger partial charge in [-0.25, -0.2) is 0 Å². The van der Waals surface area contributed by atoms with E-state index in [4.69, 9.17) is 16.7 Å². The van der Waals surface area contributed by atoms with Crippen LogP contribution in [0.15, 0.2) is 18.2 Å². The van der Waals surface area contributed by atoms with Crippen molar-refractivity contribution < 1.29 is 54.0 Å². The Kier molecular flexibility index (Phi) is 5.40. The molecular formula is C8H7AcClO2. The molecule has 12 heavy (non-hydrogen) atoms. The van der Waals surface area contributed by atoms with Crippen molar-refractivity contribution in [1.82, 2.24) is 0 Å². The van der Waals surface area contributed by atoms with Gasteiger partial charge in [0.25, 0.3) is 5.24 Å². The Morgan fingerprint density at radius 3 is 2.50 bits per heavy atom. The van der Waals surface area contributed by atoms with E-state index in [1.54, 1.807) is 19.1 Å². The summed E-state index contributed by atoms with van der Waals surface area (Å²) in [7, 11) is 0. The van der Waals surface area contributed by atoms with Crippen LogP contribution in [0.3, 0.4) is 0 Å². The SMILES string of the molecule is Cc1c(O)cccc1C(=O)Cl.[Ac]. The first-order valence-corrected chi connectivity index (χ1v) is 3.49. The van der Waals surface area contributed by atoms with Crippen molar-refractivity contribution in [2.75, 3.05) is 0 Å². The number of aromatic hydroxyl groups is 1. The average Bonchev–Trinajstić information content (AvgIpc) is 1.94. The average molecular weight is 398 g/mol. The third-order valence-electron chi connectivity index (χ3n) is 1.52. The van der Waals surface area contributed by atoms with E-state index in [9.17, 15) is 4.79 Å².